The lowest BCUT2D eigenvalue weighted by atomic mass is 10.1. The lowest BCUT2D eigenvalue weighted by Gasteiger charge is -2.34. The molecule has 1 aromatic heterocycles. The van der Waals surface area contributed by atoms with Crippen LogP contribution in [0.15, 0.2) is 47.3 Å². The first-order valence-electron chi connectivity index (χ1n) is 8.45. The number of aliphatic hydroxyl groups excluding tert-OH is 1. The third-order valence-electron chi connectivity index (χ3n) is 4.46. The molecular weight excluding hydrogens is 372 g/mol. The van der Waals surface area contributed by atoms with E-state index in [4.69, 9.17) is 0 Å². The molecule has 2 N–H and O–H groups in total. The number of fused-ring (bicyclic) bond motifs is 2. The quantitative estimate of drug-likeness (QED) is 0.720. The van der Waals surface area contributed by atoms with Crippen LogP contribution in [0.1, 0.15) is 24.4 Å². The van der Waals surface area contributed by atoms with E-state index in [1.54, 1.807) is 24.3 Å². The fourth-order valence-corrected chi connectivity index (χ4v) is 3.15. The van der Waals surface area contributed by atoms with Crippen molar-refractivity contribution in [3.05, 3.63) is 64.2 Å². The largest absolute Gasteiger partial charge is 0.483 e. The molecule has 4 rings (SSSR count). The van der Waals surface area contributed by atoms with E-state index in [1.807, 2.05) is 0 Å². The molecule has 3 aromatic rings. The molecule has 0 aliphatic carbocycles. The maximum Gasteiger partial charge on any atom is 0.483 e. The molecule has 144 valence electrons. The summed E-state index contributed by atoms with van der Waals surface area (Å²) < 4.78 is 33.0. The predicted octanol–water partition coefficient (Wildman–Crippen LogP) is 2.49. The molecule has 28 heavy (non-hydrogen) atoms. The fraction of sp³-hybridized carbons (Fsp3) is 0.211. The molecule has 0 radical (unpaired) electrons. The average molecular weight is 387 g/mol. The number of halogens is 2. The predicted molar refractivity (Wildman–Crippen MR) is 96.2 cm³/mol. The number of amides is 1. The Kier molecular flexibility index (Phi) is 4.11. The van der Waals surface area contributed by atoms with Crippen LogP contribution in [0.5, 0.6) is 5.75 Å². The minimum atomic E-state index is -4.12. The van der Waals surface area contributed by atoms with Crippen molar-refractivity contribution in [3.8, 4) is 5.75 Å². The highest BCUT2D eigenvalue weighted by atomic mass is 19.3. The summed E-state index contributed by atoms with van der Waals surface area (Å²) in [4.78, 5) is 32.1. The zero-order valence-electron chi connectivity index (χ0n) is 14.6. The first-order chi connectivity index (χ1) is 13.3. The summed E-state index contributed by atoms with van der Waals surface area (Å²) in [6.07, 6.45) is -5.20. The molecule has 0 bridgehead atoms. The zero-order valence-corrected chi connectivity index (χ0v) is 14.6. The number of rotatable bonds is 3. The van der Waals surface area contributed by atoms with E-state index < -0.39 is 30.2 Å². The number of hydrogen-bond acceptors (Lipinski definition) is 5. The molecule has 1 atom stereocenters. The number of aliphatic hydroxyl groups is 1. The molecule has 0 saturated heterocycles. The van der Waals surface area contributed by atoms with Crippen LogP contribution in [-0.4, -0.2) is 27.1 Å². The van der Waals surface area contributed by atoms with Crippen molar-refractivity contribution in [2.45, 2.75) is 25.7 Å². The van der Waals surface area contributed by atoms with Crippen LogP contribution in [0.4, 0.5) is 14.5 Å². The first-order valence-corrected chi connectivity index (χ1v) is 8.45. The van der Waals surface area contributed by atoms with E-state index in [2.05, 4.69) is 14.7 Å². The normalized spacial score (nSPS) is 16.6. The molecule has 0 fully saturated rings. The Labute approximate surface area is 157 Å². The van der Waals surface area contributed by atoms with Gasteiger partial charge in [-0.15, -0.1) is 0 Å². The zero-order chi connectivity index (χ0) is 20.1. The van der Waals surface area contributed by atoms with Gasteiger partial charge in [-0.1, -0.05) is 24.3 Å². The second-order valence-electron chi connectivity index (χ2n) is 6.41. The minimum absolute atomic E-state index is 0.0446. The van der Waals surface area contributed by atoms with E-state index in [9.17, 15) is 23.5 Å². The number of alkyl halides is 2. The number of carbonyl (C=O) groups is 1. The van der Waals surface area contributed by atoms with Crippen molar-refractivity contribution >= 4 is 22.5 Å². The Hall–Kier alpha value is -3.33. The molecule has 2 heterocycles. The van der Waals surface area contributed by atoms with Crippen LogP contribution < -0.4 is 15.2 Å². The van der Waals surface area contributed by atoms with Crippen LogP contribution in [0.25, 0.3) is 10.9 Å². The molecule has 9 heteroatoms. The van der Waals surface area contributed by atoms with E-state index in [0.29, 0.717) is 10.9 Å². The van der Waals surface area contributed by atoms with Gasteiger partial charge < -0.3 is 14.8 Å². The SMILES string of the molecule is C[C@H](O)c1cccc2c1OC(F)(F)C(=O)N2Cc1nc2ccccc2c(=O)[nH]1. The van der Waals surface area contributed by atoms with E-state index >= 15 is 0 Å². The molecule has 7 nitrogen and oxygen atoms in total. The van der Waals surface area contributed by atoms with E-state index in [1.165, 1.54) is 25.1 Å². The molecule has 0 saturated carbocycles. The van der Waals surface area contributed by atoms with Crippen LogP contribution >= 0.6 is 0 Å². The monoisotopic (exact) mass is 387 g/mol. The Balaban J connectivity index is 1.83. The molecule has 2 aromatic carbocycles. The van der Waals surface area contributed by atoms with Gasteiger partial charge in [0.2, 0.25) is 0 Å². The number of para-hydroxylation sites is 2. The third-order valence-corrected chi connectivity index (χ3v) is 4.46. The van der Waals surface area contributed by atoms with Gasteiger partial charge in [-0.05, 0) is 25.1 Å². The number of hydrogen-bond donors (Lipinski definition) is 2. The first kappa shape index (κ1) is 18.1. The standard InChI is InChI=1S/C19H15F2N3O4/c1-10(25)11-6-4-8-14-16(11)28-19(20,21)18(27)24(14)9-15-22-13-7-3-2-5-12(13)17(26)23-15/h2-8,10,25H,9H2,1H3,(H,22,23,26)/t10-/m0/s1. The highest BCUT2D eigenvalue weighted by Gasteiger charge is 2.51. The van der Waals surface area contributed by atoms with Gasteiger partial charge in [0, 0.05) is 5.56 Å². The van der Waals surface area contributed by atoms with E-state index in [0.717, 1.165) is 4.90 Å². The van der Waals surface area contributed by atoms with Crippen molar-refractivity contribution in [3.63, 3.8) is 0 Å². The number of nitrogens with one attached hydrogen (secondary N) is 1. The number of carbonyl (C=O) groups excluding carboxylic acids is 1. The lowest BCUT2D eigenvalue weighted by Crippen LogP contribution is -2.51. The van der Waals surface area contributed by atoms with Crippen LogP contribution in [0.2, 0.25) is 0 Å². The number of nitrogens with zero attached hydrogens (tertiary/aromatic N) is 2. The van der Waals surface area contributed by atoms with Gasteiger partial charge in [0.1, 0.15) is 5.82 Å². The number of aromatic amines is 1. The Bertz CT molecular complexity index is 1140. The van der Waals surface area contributed by atoms with Crippen molar-refractivity contribution < 1.29 is 23.4 Å². The minimum Gasteiger partial charge on any atom is -0.423 e. The molecule has 0 unspecified atom stereocenters. The number of H-pyrrole nitrogens is 1. The van der Waals surface area contributed by atoms with Crippen LogP contribution in [0.3, 0.4) is 0 Å². The van der Waals surface area contributed by atoms with Gasteiger partial charge in [0.05, 0.1) is 29.2 Å². The van der Waals surface area contributed by atoms with Gasteiger partial charge in [0.25, 0.3) is 5.56 Å². The summed E-state index contributed by atoms with van der Waals surface area (Å²) >= 11 is 0. The second kappa shape index (κ2) is 6.38. The average Bonchev–Trinajstić information content (AvgIpc) is 2.64. The number of benzene rings is 2. The van der Waals surface area contributed by atoms with Gasteiger partial charge in [-0.3, -0.25) is 14.5 Å². The maximum absolute atomic E-state index is 14.2. The van der Waals surface area contributed by atoms with E-state index in [-0.39, 0.29) is 22.8 Å². The summed E-state index contributed by atoms with van der Waals surface area (Å²) in [5.41, 5.74) is 0.123. The number of aromatic nitrogens is 2. The number of anilines is 1. The summed E-state index contributed by atoms with van der Waals surface area (Å²) in [6.45, 7) is 1.01. The van der Waals surface area contributed by atoms with Crippen molar-refractivity contribution in [1.29, 1.82) is 0 Å². The third kappa shape index (κ3) is 2.89. The Morgan fingerprint density at radius 3 is 2.71 bits per heavy atom. The highest BCUT2D eigenvalue weighted by molar-refractivity contribution is 6.01. The smallest absolute Gasteiger partial charge is 0.423 e. The fourth-order valence-electron chi connectivity index (χ4n) is 3.15. The molecular formula is C19H15F2N3O4. The summed E-state index contributed by atoms with van der Waals surface area (Å²) in [6, 6.07) is 10.9. The molecule has 1 aliphatic rings. The van der Waals surface area contributed by atoms with Crippen molar-refractivity contribution in [2.24, 2.45) is 0 Å². The maximum atomic E-state index is 14.2. The molecule has 0 spiro atoms. The van der Waals surface area contributed by atoms with Crippen molar-refractivity contribution in [1.82, 2.24) is 9.97 Å². The summed E-state index contributed by atoms with van der Waals surface area (Å²) in [5.74, 6) is -1.83. The number of ether oxygens (including phenoxy) is 1. The van der Waals surface area contributed by atoms with Gasteiger partial charge in [-0.2, -0.15) is 8.78 Å². The van der Waals surface area contributed by atoms with Crippen molar-refractivity contribution in [2.75, 3.05) is 4.90 Å². The van der Waals surface area contributed by atoms with Gasteiger partial charge in [-0.25, -0.2) is 4.98 Å². The second-order valence-corrected chi connectivity index (χ2v) is 6.41. The van der Waals surface area contributed by atoms with Crippen LogP contribution in [-0.2, 0) is 11.3 Å². The molecule has 1 amide bonds. The topological polar surface area (TPSA) is 95.5 Å². The molecule has 1 aliphatic heterocycles. The summed E-state index contributed by atoms with van der Waals surface area (Å²) in [7, 11) is 0. The highest BCUT2D eigenvalue weighted by Crippen LogP contribution is 2.43. The summed E-state index contributed by atoms with van der Waals surface area (Å²) in [5, 5.41) is 10.2. The van der Waals surface area contributed by atoms with Gasteiger partial charge in [0.15, 0.2) is 5.75 Å². The van der Waals surface area contributed by atoms with Crippen LogP contribution in [0, 0.1) is 0 Å². The Morgan fingerprint density at radius 2 is 1.96 bits per heavy atom. The Morgan fingerprint density at radius 1 is 1.21 bits per heavy atom. The lowest BCUT2D eigenvalue weighted by molar-refractivity contribution is -0.193. The van der Waals surface area contributed by atoms with Gasteiger partial charge >= 0.3 is 12.0 Å².